The zero-order valence-electron chi connectivity index (χ0n) is 14.2. The number of hydrogen-bond donors (Lipinski definition) is 2. The second-order valence-electron chi connectivity index (χ2n) is 5.97. The molecule has 4 heterocycles. The van der Waals surface area contributed by atoms with Crippen LogP contribution in [0.15, 0.2) is 18.4 Å². The predicted octanol–water partition coefficient (Wildman–Crippen LogP) is 0.539. The summed E-state index contributed by atoms with van der Waals surface area (Å²) in [4.78, 5) is 31.5. The molecular weight excluding hydrogens is 380 g/mol. The number of aromatic nitrogens is 3. The van der Waals surface area contributed by atoms with Gasteiger partial charge in [-0.05, 0) is 19.8 Å². The first-order valence-electron chi connectivity index (χ1n) is 8.13. The molecule has 4 rings (SSSR count). The molecule has 1 saturated heterocycles. The minimum Gasteiger partial charge on any atom is -0.468 e. The van der Waals surface area contributed by atoms with Crippen molar-refractivity contribution in [1.29, 1.82) is 0 Å². The molecule has 1 aliphatic rings. The minimum absolute atomic E-state index is 0.0777. The summed E-state index contributed by atoms with van der Waals surface area (Å²) in [5.74, 6) is -0.309. The second kappa shape index (κ2) is 6.79. The maximum Gasteiger partial charge on any atom is 0.519 e. The lowest BCUT2D eigenvalue weighted by molar-refractivity contribution is -0.0214. The highest BCUT2D eigenvalue weighted by atomic mass is 32.1. The molecule has 0 saturated carbocycles. The van der Waals surface area contributed by atoms with Crippen molar-refractivity contribution in [2.24, 2.45) is 0 Å². The van der Waals surface area contributed by atoms with E-state index in [0.29, 0.717) is 28.9 Å². The fraction of sp³-hybridized carbons (Fsp3) is 0.467. The van der Waals surface area contributed by atoms with Crippen LogP contribution in [-0.2, 0) is 11.3 Å². The summed E-state index contributed by atoms with van der Waals surface area (Å²) in [7, 11) is 0. The average molecular weight is 396 g/mol. The molecule has 2 atom stereocenters. The molecule has 0 amide bonds. The number of fused-ring (bicyclic) bond motifs is 1. The number of nitrogens with zero attached hydrogens (tertiary/aromatic N) is 3. The van der Waals surface area contributed by atoms with Crippen LogP contribution in [0.25, 0.3) is 10.3 Å². The molecular formula is C15H16N4O7S. The van der Waals surface area contributed by atoms with E-state index in [0.717, 1.165) is 11.3 Å². The Morgan fingerprint density at radius 3 is 2.81 bits per heavy atom. The lowest BCUT2D eigenvalue weighted by Crippen LogP contribution is -2.21. The fourth-order valence-electron chi connectivity index (χ4n) is 2.91. The van der Waals surface area contributed by atoms with Gasteiger partial charge >= 0.3 is 10.7 Å². The van der Waals surface area contributed by atoms with Gasteiger partial charge in [0, 0.05) is 0 Å². The number of aliphatic hydroxyl groups excluding tert-OH is 1. The van der Waals surface area contributed by atoms with Gasteiger partial charge < -0.3 is 29.1 Å². The molecule has 0 unspecified atom stereocenters. The Labute approximate surface area is 155 Å². The van der Waals surface area contributed by atoms with Gasteiger partial charge in [0.05, 0.1) is 12.7 Å². The molecule has 3 aromatic rings. The van der Waals surface area contributed by atoms with Gasteiger partial charge in [0.1, 0.15) is 10.9 Å². The first-order valence-corrected chi connectivity index (χ1v) is 8.95. The van der Waals surface area contributed by atoms with Gasteiger partial charge in [0.25, 0.3) is 0 Å². The van der Waals surface area contributed by atoms with Crippen LogP contribution >= 0.6 is 11.3 Å². The van der Waals surface area contributed by atoms with Gasteiger partial charge in [-0.15, -0.1) is 0 Å². The summed E-state index contributed by atoms with van der Waals surface area (Å²) in [6.07, 6.45) is 0.336. The number of rotatable bonds is 5. The van der Waals surface area contributed by atoms with E-state index in [4.69, 9.17) is 24.0 Å². The highest BCUT2D eigenvalue weighted by Crippen LogP contribution is 2.33. The maximum atomic E-state index is 12.5. The Hall–Kier alpha value is -2.70. The van der Waals surface area contributed by atoms with Crippen LogP contribution in [0.1, 0.15) is 30.6 Å². The van der Waals surface area contributed by atoms with Crippen molar-refractivity contribution in [2.75, 3.05) is 12.3 Å². The van der Waals surface area contributed by atoms with Gasteiger partial charge in [-0.2, -0.15) is 9.97 Å². The third-order valence-electron chi connectivity index (χ3n) is 4.20. The standard InChI is InChI=1S/C15H16N4O7S/c1-6-8(26-15(22)24-6)5-23-12-10-11(17-13(16)18-12)19(14(21)27-10)9-3-2-7(4-20)25-9/h7,9,20H,2-5H2,1H3,(H2,16,17,18)/t7-,9+/m0/s1. The van der Waals surface area contributed by atoms with E-state index in [1.807, 2.05) is 0 Å². The van der Waals surface area contributed by atoms with Crippen molar-refractivity contribution >= 4 is 27.6 Å². The summed E-state index contributed by atoms with van der Waals surface area (Å²) in [6.45, 7) is 1.33. The molecule has 3 aromatic heterocycles. The number of thiazole rings is 1. The summed E-state index contributed by atoms with van der Waals surface area (Å²) in [5.41, 5.74) is 6.07. The molecule has 11 nitrogen and oxygen atoms in total. The molecule has 0 bridgehead atoms. The normalized spacial score (nSPS) is 19.8. The number of hydrogen-bond acceptors (Lipinski definition) is 11. The smallest absolute Gasteiger partial charge is 0.468 e. The van der Waals surface area contributed by atoms with Gasteiger partial charge in [0.15, 0.2) is 23.8 Å². The summed E-state index contributed by atoms with van der Waals surface area (Å²) < 4.78 is 22.7. The largest absolute Gasteiger partial charge is 0.519 e. The lowest BCUT2D eigenvalue weighted by atomic mass is 10.2. The van der Waals surface area contributed by atoms with Gasteiger partial charge in [-0.3, -0.25) is 9.36 Å². The van der Waals surface area contributed by atoms with E-state index in [2.05, 4.69) is 9.97 Å². The molecule has 3 N–H and O–H groups in total. The number of aryl methyl sites for hydroxylation is 1. The van der Waals surface area contributed by atoms with E-state index in [9.17, 15) is 14.7 Å². The van der Waals surface area contributed by atoms with Crippen LogP contribution in [-0.4, -0.2) is 32.4 Å². The lowest BCUT2D eigenvalue weighted by Gasteiger charge is -2.13. The number of nitrogens with two attached hydrogens (primary N) is 1. The van der Waals surface area contributed by atoms with Gasteiger partial charge in [0.2, 0.25) is 11.8 Å². The molecule has 12 heteroatoms. The highest BCUT2D eigenvalue weighted by molar-refractivity contribution is 7.16. The Bertz CT molecular complexity index is 1100. The van der Waals surface area contributed by atoms with E-state index in [-0.39, 0.29) is 41.8 Å². The Morgan fingerprint density at radius 1 is 1.33 bits per heavy atom. The molecule has 27 heavy (non-hydrogen) atoms. The van der Waals surface area contributed by atoms with Crippen LogP contribution in [0.2, 0.25) is 0 Å². The van der Waals surface area contributed by atoms with E-state index in [1.54, 1.807) is 6.92 Å². The minimum atomic E-state index is -0.828. The van der Waals surface area contributed by atoms with Gasteiger partial charge in [-0.25, -0.2) is 4.79 Å². The Balaban J connectivity index is 1.70. The van der Waals surface area contributed by atoms with Crippen molar-refractivity contribution in [3.63, 3.8) is 0 Å². The van der Waals surface area contributed by atoms with Crippen molar-refractivity contribution < 1.29 is 23.4 Å². The zero-order valence-corrected chi connectivity index (χ0v) is 15.0. The van der Waals surface area contributed by atoms with E-state index in [1.165, 1.54) is 4.57 Å². The SMILES string of the molecule is Cc1oc(=O)oc1COc1nc(N)nc2c1sc(=O)n2[C@H]1CC[C@@H](CO)O1. The molecule has 1 fully saturated rings. The summed E-state index contributed by atoms with van der Waals surface area (Å²) in [5, 5.41) is 9.24. The van der Waals surface area contributed by atoms with Crippen LogP contribution < -0.4 is 21.2 Å². The topological polar surface area (TPSA) is 156 Å². The quantitative estimate of drug-likeness (QED) is 0.624. The predicted molar refractivity (Wildman–Crippen MR) is 92.6 cm³/mol. The summed E-state index contributed by atoms with van der Waals surface area (Å²) >= 11 is 0.898. The molecule has 0 aromatic carbocycles. The Morgan fingerprint density at radius 2 is 2.15 bits per heavy atom. The second-order valence-corrected chi connectivity index (χ2v) is 6.93. The van der Waals surface area contributed by atoms with E-state index < -0.39 is 12.1 Å². The maximum absolute atomic E-state index is 12.5. The number of anilines is 1. The third-order valence-corrected chi connectivity index (χ3v) is 5.13. The average Bonchev–Trinajstić information content (AvgIpc) is 3.29. The van der Waals surface area contributed by atoms with E-state index >= 15 is 0 Å². The van der Waals surface area contributed by atoms with Crippen molar-refractivity contribution in [2.45, 2.75) is 38.7 Å². The fourth-order valence-corrected chi connectivity index (χ4v) is 3.82. The zero-order chi connectivity index (χ0) is 19.1. The van der Waals surface area contributed by atoms with Crippen molar-refractivity contribution in [3.05, 3.63) is 31.8 Å². The first-order chi connectivity index (χ1) is 13.0. The van der Waals surface area contributed by atoms with Crippen LogP contribution in [0.5, 0.6) is 5.88 Å². The Kier molecular flexibility index (Phi) is 4.45. The van der Waals surface area contributed by atoms with Crippen LogP contribution in [0.3, 0.4) is 0 Å². The van der Waals surface area contributed by atoms with Crippen molar-refractivity contribution in [1.82, 2.24) is 14.5 Å². The molecule has 0 radical (unpaired) electrons. The van der Waals surface area contributed by atoms with Gasteiger partial charge in [-0.1, -0.05) is 11.3 Å². The molecule has 0 aliphatic carbocycles. The van der Waals surface area contributed by atoms with Crippen LogP contribution in [0.4, 0.5) is 5.95 Å². The number of ether oxygens (including phenoxy) is 2. The highest BCUT2D eigenvalue weighted by Gasteiger charge is 2.30. The number of aliphatic hydroxyl groups is 1. The number of nitrogen functional groups attached to an aromatic ring is 1. The molecule has 1 aliphatic heterocycles. The first kappa shape index (κ1) is 17.7. The van der Waals surface area contributed by atoms with Crippen molar-refractivity contribution in [3.8, 4) is 5.88 Å². The van der Waals surface area contributed by atoms with Crippen LogP contribution in [0, 0.1) is 6.92 Å². The molecule has 0 spiro atoms. The third kappa shape index (κ3) is 3.22. The monoisotopic (exact) mass is 396 g/mol. The molecule has 144 valence electrons. The summed E-state index contributed by atoms with van der Waals surface area (Å²) in [6, 6.07) is 0.